The summed E-state index contributed by atoms with van der Waals surface area (Å²) in [6.07, 6.45) is 4.34. The molecule has 1 aromatic heterocycles. The van der Waals surface area contributed by atoms with E-state index < -0.39 is 10.0 Å². The van der Waals surface area contributed by atoms with E-state index in [1.165, 1.54) is 4.31 Å². The van der Waals surface area contributed by atoms with Crippen molar-refractivity contribution < 1.29 is 13.2 Å². The molecule has 2 aromatic carbocycles. The molecule has 0 radical (unpaired) electrons. The number of carbonyl (C=O) groups is 1. The zero-order chi connectivity index (χ0) is 24.1. The van der Waals surface area contributed by atoms with E-state index in [1.807, 2.05) is 48.7 Å². The van der Waals surface area contributed by atoms with Crippen LogP contribution in [-0.2, 0) is 16.4 Å². The SMILES string of the molecule is CC(C)c1ccc(S(=O)(=O)N2CCN(C(=O)NCCc3ccc(-n4cccn4)cc3)CC2)cc1. The average Bonchev–Trinajstić information content (AvgIpc) is 3.39. The number of amides is 2. The molecule has 9 heteroatoms. The molecule has 0 unspecified atom stereocenters. The van der Waals surface area contributed by atoms with Crippen molar-refractivity contribution in [2.45, 2.75) is 31.1 Å². The number of hydrogen-bond donors (Lipinski definition) is 1. The van der Waals surface area contributed by atoms with E-state index in [0.717, 1.165) is 16.8 Å². The van der Waals surface area contributed by atoms with Crippen molar-refractivity contribution in [2.24, 2.45) is 0 Å². The van der Waals surface area contributed by atoms with Gasteiger partial charge in [0.2, 0.25) is 10.0 Å². The van der Waals surface area contributed by atoms with Crippen LogP contribution in [0, 0.1) is 0 Å². The zero-order valence-electron chi connectivity index (χ0n) is 19.6. The number of nitrogens with zero attached hydrogens (tertiary/aromatic N) is 4. The van der Waals surface area contributed by atoms with Crippen molar-refractivity contribution in [3.63, 3.8) is 0 Å². The van der Waals surface area contributed by atoms with Gasteiger partial charge in [0.25, 0.3) is 0 Å². The normalized spacial score (nSPS) is 15.0. The molecule has 2 heterocycles. The van der Waals surface area contributed by atoms with Gasteiger partial charge in [0, 0.05) is 45.1 Å². The highest BCUT2D eigenvalue weighted by Crippen LogP contribution is 2.21. The van der Waals surface area contributed by atoms with E-state index in [-0.39, 0.29) is 19.1 Å². The second-order valence-corrected chi connectivity index (χ2v) is 10.7. The van der Waals surface area contributed by atoms with Crippen molar-refractivity contribution in [2.75, 3.05) is 32.7 Å². The van der Waals surface area contributed by atoms with Crippen LogP contribution in [-0.4, -0.2) is 66.2 Å². The maximum atomic E-state index is 13.0. The molecule has 0 bridgehead atoms. The highest BCUT2D eigenvalue weighted by molar-refractivity contribution is 7.89. The van der Waals surface area contributed by atoms with E-state index in [9.17, 15) is 13.2 Å². The van der Waals surface area contributed by atoms with Crippen molar-refractivity contribution in [3.05, 3.63) is 78.1 Å². The van der Waals surface area contributed by atoms with Gasteiger partial charge in [-0.1, -0.05) is 38.1 Å². The number of benzene rings is 2. The van der Waals surface area contributed by atoms with Gasteiger partial charge in [-0.15, -0.1) is 0 Å². The van der Waals surface area contributed by atoms with Crippen molar-refractivity contribution in [1.29, 1.82) is 0 Å². The van der Waals surface area contributed by atoms with Gasteiger partial charge in [-0.05, 0) is 53.8 Å². The van der Waals surface area contributed by atoms with Gasteiger partial charge >= 0.3 is 6.03 Å². The fourth-order valence-electron chi connectivity index (χ4n) is 3.97. The summed E-state index contributed by atoms with van der Waals surface area (Å²) in [6.45, 7) is 5.98. The fraction of sp³-hybridized carbons (Fsp3) is 0.360. The number of urea groups is 1. The molecule has 1 N–H and O–H groups in total. The summed E-state index contributed by atoms with van der Waals surface area (Å²) < 4.78 is 29.2. The molecule has 1 fully saturated rings. The first kappa shape index (κ1) is 24.0. The molecule has 2 amide bonds. The predicted octanol–water partition coefficient (Wildman–Crippen LogP) is 3.25. The summed E-state index contributed by atoms with van der Waals surface area (Å²) in [7, 11) is -3.56. The summed E-state index contributed by atoms with van der Waals surface area (Å²) in [4.78, 5) is 14.5. The molecule has 3 aromatic rings. The number of piperazine rings is 1. The highest BCUT2D eigenvalue weighted by atomic mass is 32.2. The summed E-state index contributed by atoms with van der Waals surface area (Å²) >= 11 is 0. The van der Waals surface area contributed by atoms with Gasteiger partial charge in [0.05, 0.1) is 10.6 Å². The van der Waals surface area contributed by atoms with Crippen LogP contribution in [0.1, 0.15) is 30.9 Å². The lowest BCUT2D eigenvalue weighted by molar-refractivity contribution is 0.172. The number of sulfonamides is 1. The molecule has 180 valence electrons. The Bertz CT molecular complexity index is 1180. The average molecular weight is 482 g/mol. The topological polar surface area (TPSA) is 87.5 Å². The van der Waals surface area contributed by atoms with E-state index in [4.69, 9.17) is 0 Å². The number of nitrogens with one attached hydrogen (secondary N) is 1. The standard InChI is InChI=1S/C25H31N5O3S/c1-20(2)22-6-10-24(11-7-22)34(32,33)29-18-16-28(17-19-29)25(31)26-14-12-21-4-8-23(9-5-21)30-15-3-13-27-30/h3-11,13,15,20H,12,14,16-19H2,1-2H3,(H,26,31). The van der Waals surface area contributed by atoms with E-state index >= 15 is 0 Å². The third kappa shape index (κ3) is 5.48. The Morgan fingerprint density at radius 2 is 1.68 bits per heavy atom. The number of rotatable bonds is 7. The predicted molar refractivity (Wildman–Crippen MR) is 132 cm³/mol. The molecule has 34 heavy (non-hydrogen) atoms. The summed E-state index contributed by atoms with van der Waals surface area (Å²) in [5.74, 6) is 0.347. The van der Waals surface area contributed by atoms with Crippen LogP contribution >= 0.6 is 0 Å². The van der Waals surface area contributed by atoms with Crippen LogP contribution in [0.3, 0.4) is 0 Å². The number of carbonyl (C=O) groups excluding carboxylic acids is 1. The Labute approximate surface area is 201 Å². The minimum Gasteiger partial charge on any atom is -0.338 e. The zero-order valence-corrected chi connectivity index (χ0v) is 20.4. The largest absolute Gasteiger partial charge is 0.338 e. The summed E-state index contributed by atoms with van der Waals surface area (Å²) in [6, 6.07) is 16.9. The van der Waals surface area contributed by atoms with Gasteiger partial charge < -0.3 is 10.2 Å². The van der Waals surface area contributed by atoms with E-state index in [2.05, 4.69) is 24.3 Å². The first-order valence-corrected chi connectivity index (χ1v) is 13.0. The minimum absolute atomic E-state index is 0.161. The van der Waals surface area contributed by atoms with Gasteiger partial charge in [0.1, 0.15) is 0 Å². The maximum absolute atomic E-state index is 13.0. The Balaban J connectivity index is 1.24. The molecule has 1 saturated heterocycles. The third-order valence-corrected chi connectivity index (χ3v) is 8.02. The quantitative estimate of drug-likeness (QED) is 0.561. The molecule has 0 atom stereocenters. The van der Waals surface area contributed by atoms with Crippen LogP contribution in [0.5, 0.6) is 0 Å². The monoisotopic (exact) mass is 481 g/mol. The fourth-order valence-corrected chi connectivity index (χ4v) is 5.39. The Kier molecular flexibility index (Phi) is 7.33. The summed E-state index contributed by atoms with van der Waals surface area (Å²) in [5.41, 5.74) is 3.21. The maximum Gasteiger partial charge on any atom is 0.317 e. The molecule has 0 aliphatic carbocycles. The molecule has 8 nitrogen and oxygen atoms in total. The Morgan fingerprint density at radius 1 is 1.00 bits per heavy atom. The third-order valence-electron chi connectivity index (χ3n) is 6.11. The first-order valence-electron chi connectivity index (χ1n) is 11.6. The van der Waals surface area contributed by atoms with Crippen molar-refractivity contribution >= 4 is 16.1 Å². The molecule has 0 saturated carbocycles. The number of aromatic nitrogens is 2. The van der Waals surface area contributed by atoms with Crippen LogP contribution in [0.25, 0.3) is 5.69 Å². The lowest BCUT2D eigenvalue weighted by Crippen LogP contribution is -2.53. The van der Waals surface area contributed by atoms with Gasteiger partial charge in [0.15, 0.2) is 0 Å². The van der Waals surface area contributed by atoms with Crippen molar-refractivity contribution in [1.82, 2.24) is 24.3 Å². The van der Waals surface area contributed by atoms with Crippen LogP contribution in [0.15, 0.2) is 71.9 Å². The van der Waals surface area contributed by atoms with E-state index in [0.29, 0.717) is 36.9 Å². The summed E-state index contributed by atoms with van der Waals surface area (Å²) in [5, 5.41) is 7.16. The Hall–Kier alpha value is -3.17. The molecular weight excluding hydrogens is 450 g/mol. The lowest BCUT2D eigenvalue weighted by Gasteiger charge is -2.34. The van der Waals surface area contributed by atoms with Crippen LogP contribution in [0.2, 0.25) is 0 Å². The first-order chi connectivity index (χ1) is 16.3. The highest BCUT2D eigenvalue weighted by Gasteiger charge is 2.30. The second-order valence-electron chi connectivity index (χ2n) is 8.71. The van der Waals surface area contributed by atoms with Gasteiger partial charge in [-0.2, -0.15) is 9.40 Å². The van der Waals surface area contributed by atoms with Crippen molar-refractivity contribution in [3.8, 4) is 5.69 Å². The van der Waals surface area contributed by atoms with E-state index in [1.54, 1.807) is 27.9 Å². The lowest BCUT2D eigenvalue weighted by atomic mass is 10.0. The van der Waals surface area contributed by atoms with Crippen LogP contribution in [0.4, 0.5) is 4.79 Å². The molecule has 1 aliphatic rings. The molecular formula is C25H31N5O3S. The smallest absolute Gasteiger partial charge is 0.317 e. The van der Waals surface area contributed by atoms with Gasteiger partial charge in [-0.25, -0.2) is 17.9 Å². The molecule has 1 aliphatic heterocycles. The molecule has 4 rings (SSSR count). The molecule has 0 spiro atoms. The van der Waals surface area contributed by atoms with Gasteiger partial charge in [-0.3, -0.25) is 0 Å². The number of hydrogen-bond acceptors (Lipinski definition) is 4. The second kappa shape index (κ2) is 10.4. The van der Waals surface area contributed by atoms with Crippen LogP contribution < -0.4 is 5.32 Å². The minimum atomic E-state index is -3.56. The Morgan fingerprint density at radius 3 is 2.26 bits per heavy atom.